The Morgan fingerprint density at radius 2 is 1.79 bits per heavy atom. The number of nitrogens with one attached hydrogen (secondary N) is 1. The van der Waals surface area contributed by atoms with Gasteiger partial charge in [0.15, 0.2) is 11.5 Å². The molecule has 4 aromatic rings. The van der Waals surface area contributed by atoms with Gasteiger partial charge in [-0.05, 0) is 63.5 Å². The van der Waals surface area contributed by atoms with Gasteiger partial charge in [0.2, 0.25) is 5.91 Å². The Bertz CT molecular complexity index is 1210. The van der Waals surface area contributed by atoms with Crippen LogP contribution in [0, 0.1) is 5.82 Å². The van der Waals surface area contributed by atoms with Crippen molar-refractivity contribution in [1.29, 1.82) is 0 Å². The van der Waals surface area contributed by atoms with Gasteiger partial charge in [-0.1, -0.05) is 6.92 Å². The minimum Gasteiger partial charge on any atom is -0.326 e. The van der Waals surface area contributed by atoms with Crippen molar-refractivity contribution in [3.63, 3.8) is 0 Å². The lowest BCUT2D eigenvalue weighted by molar-refractivity contribution is -0.115. The Balaban J connectivity index is 2.03. The highest BCUT2D eigenvalue weighted by Gasteiger charge is 2.22. The molecule has 3 heterocycles. The third kappa shape index (κ3) is 3.51. The first-order chi connectivity index (χ1) is 14.0. The van der Waals surface area contributed by atoms with Crippen molar-refractivity contribution in [3.8, 4) is 22.4 Å². The van der Waals surface area contributed by atoms with Gasteiger partial charge in [0.25, 0.3) is 0 Å². The van der Waals surface area contributed by atoms with Crippen LogP contribution >= 0.6 is 15.9 Å². The first-order valence-corrected chi connectivity index (χ1v) is 9.81. The minimum absolute atomic E-state index is 0.151. The number of carbonyl (C=O) groups is 1. The number of halogens is 2. The molecule has 146 valence electrons. The molecule has 0 aliphatic rings. The third-order valence-electron chi connectivity index (χ3n) is 4.63. The Morgan fingerprint density at radius 1 is 1.10 bits per heavy atom. The van der Waals surface area contributed by atoms with Gasteiger partial charge in [0, 0.05) is 31.4 Å². The van der Waals surface area contributed by atoms with E-state index in [2.05, 4.69) is 36.2 Å². The Kier molecular flexibility index (Phi) is 5.10. The van der Waals surface area contributed by atoms with Crippen molar-refractivity contribution in [2.45, 2.75) is 13.3 Å². The Morgan fingerprint density at radius 3 is 2.45 bits per heavy atom. The van der Waals surface area contributed by atoms with E-state index >= 15 is 0 Å². The predicted molar refractivity (Wildman–Crippen MR) is 114 cm³/mol. The van der Waals surface area contributed by atoms with Crippen LogP contribution < -0.4 is 5.32 Å². The van der Waals surface area contributed by atoms with E-state index in [0.717, 1.165) is 22.4 Å². The molecule has 0 atom stereocenters. The second-order valence-corrected chi connectivity index (χ2v) is 7.21. The number of anilines is 1. The lowest BCUT2D eigenvalue weighted by atomic mass is 10.0. The smallest absolute Gasteiger partial charge is 0.225 e. The molecule has 0 fully saturated rings. The molecule has 4 rings (SSSR count). The maximum absolute atomic E-state index is 13.5. The fraction of sp³-hybridized carbons (Fsp3) is 0.143. The largest absolute Gasteiger partial charge is 0.326 e. The lowest BCUT2D eigenvalue weighted by Gasteiger charge is -2.08. The van der Waals surface area contributed by atoms with Crippen LogP contribution in [-0.4, -0.2) is 25.4 Å². The fourth-order valence-electron chi connectivity index (χ4n) is 3.23. The number of benzene rings is 1. The molecule has 0 saturated heterocycles. The number of nitrogens with zero attached hydrogens (tertiary/aromatic N) is 4. The van der Waals surface area contributed by atoms with Crippen molar-refractivity contribution >= 4 is 38.8 Å². The first-order valence-electron chi connectivity index (χ1n) is 9.01. The van der Waals surface area contributed by atoms with Crippen LogP contribution in [0.2, 0.25) is 0 Å². The monoisotopic (exact) mass is 453 g/mol. The summed E-state index contributed by atoms with van der Waals surface area (Å²) in [6.07, 6.45) is 3.75. The molecule has 8 heteroatoms. The van der Waals surface area contributed by atoms with Crippen LogP contribution in [0.25, 0.3) is 33.5 Å². The molecular formula is C21H17BrFN5O. The summed E-state index contributed by atoms with van der Waals surface area (Å²) in [5.74, 6) is -0.0971. The minimum atomic E-state index is -0.304. The second-order valence-electron chi connectivity index (χ2n) is 6.46. The average Bonchev–Trinajstić information content (AvgIpc) is 3.01. The highest BCUT2D eigenvalue weighted by Crippen LogP contribution is 2.40. The number of fused-ring (bicyclic) bond motifs is 1. The summed E-state index contributed by atoms with van der Waals surface area (Å²) < 4.78 is 15.9. The van der Waals surface area contributed by atoms with Gasteiger partial charge in [-0.15, -0.1) is 0 Å². The first kappa shape index (κ1) is 19.2. The molecule has 0 aliphatic heterocycles. The summed E-state index contributed by atoms with van der Waals surface area (Å²) in [4.78, 5) is 25.3. The van der Waals surface area contributed by atoms with E-state index in [1.54, 1.807) is 31.5 Å². The normalized spacial score (nSPS) is 11.0. The Hall–Kier alpha value is -3.13. The van der Waals surface area contributed by atoms with Crippen molar-refractivity contribution < 1.29 is 9.18 Å². The molecule has 1 N–H and O–H groups in total. The third-order valence-corrected chi connectivity index (χ3v) is 5.18. The standard InChI is InChI=1S/C21H17BrFN5O/c1-3-15(29)25-20-19(22)26-17-16(12-8-10-24-11-9-12)18(28(2)21(17)27-20)13-4-6-14(23)7-5-13/h4-11H,3H2,1-2H3,(H,25,27,29). The van der Waals surface area contributed by atoms with Crippen LogP contribution in [0.4, 0.5) is 10.2 Å². The summed E-state index contributed by atoms with van der Waals surface area (Å²) in [5.41, 5.74) is 4.72. The van der Waals surface area contributed by atoms with E-state index in [4.69, 9.17) is 0 Å². The van der Waals surface area contributed by atoms with E-state index in [1.165, 1.54) is 12.1 Å². The second kappa shape index (κ2) is 7.71. The molecule has 6 nitrogen and oxygen atoms in total. The SMILES string of the molecule is CCC(=O)Nc1nc2c(nc1Br)c(-c1ccncc1)c(-c1ccc(F)cc1)n2C. The molecule has 1 amide bonds. The molecule has 3 aromatic heterocycles. The van der Waals surface area contributed by atoms with Crippen molar-refractivity contribution in [2.24, 2.45) is 7.05 Å². The number of hydrogen-bond donors (Lipinski definition) is 1. The quantitative estimate of drug-likeness (QED) is 0.474. The van der Waals surface area contributed by atoms with Crippen molar-refractivity contribution in [1.82, 2.24) is 19.5 Å². The van der Waals surface area contributed by atoms with Gasteiger partial charge >= 0.3 is 0 Å². The van der Waals surface area contributed by atoms with Gasteiger partial charge in [-0.3, -0.25) is 9.78 Å². The van der Waals surface area contributed by atoms with Crippen LogP contribution in [-0.2, 0) is 11.8 Å². The van der Waals surface area contributed by atoms with Gasteiger partial charge in [-0.25, -0.2) is 14.4 Å². The molecule has 1 aromatic carbocycles. The van der Waals surface area contributed by atoms with E-state index in [-0.39, 0.29) is 11.7 Å². The zero-order chi connectivity index (χ0) is 20.5. The summed E-state index contributed by atoms with van der Waals surface area (Å²) >= 11 is 3.42. The molecule has 0 spiro atoms. The summed E-state index contributed by atoms with van der Waals surface area (Å²) in [7, 11) is 1.87. The number of aryl methyl sites for hydroxylation is 1. The van der Waals surface area contributed by atoms with E-state index in [0.29, 0.717) is 28.0 Å². The number of rotatable bonds is 4. The fourth-order valence-corrected chi connectivity index (χ4v) is 3.60. The number of amides is 1. The topological polar surface area (TPSA) is 72.7 Å². The summed E-state index contributed by atoms with van der Waals surface area (Å²) in [6.45, 7) is 1.77. The highest BCUT2D eigenvalue weighted by atomic mass is 79.9. The molecule has 0 aliphatic carbocycles. The van der Waals surface area contributed by atoms with E-state index < -0.39 is 0 Å². The van der Waals surface area contributed by atoms with Gasteiger partial charge < -0.3 is 9.88 Å². The van der Waals surface area contributed by atoms with Gasteiger partial charge in [0.1, 0.15) is 15.9 Å². The average molecular weight is 454 g/mol. The van der Waals surface area contributed by atoms with Gasteiger partial charge in [-0.2, -0.15) is 0 Å². The van der Waals surface area contributed by atoms with Crippen molar-refractivity contribution in [3.05, 3.63) is 59.2 Å². The molecular weight excluding hydrogens is 437 g/mol. The zero-order valence-corrected chi connectivity index (χ0v) is 17.4. The highest BCUT2D eigenvalue weighted by molar-refractivity contribution is 9.10. The summed E-state index contributed by atoms with van der Waals surface area (Å²) in [5, 5.41) is 2.76. The van der Waals surface area contributed by atoms with Crippen LogP contribution in [0.5, 0.6) is 0 Å². The van der Waals surface area contributed by atoms with Crippen LogP contribution in [0.15, 0.2) is 53.4 Å². The lowest BCUT2D eigenvalue weighted by Crippen LogP contribution is -2.12. The van der Waals surface area contributed by atoms with Crippen LogP contribution in [0.3, 0.4) is 0 Å². The van der Waals surface area contributed by atoms with Crippen LogP contribution in [0.1, 0.15) is 13.3 Å². The number of pyridine rings is 1. The van der Waals surface area contributed by atoms with Crippen molar-refractivity contribution in [2.75, 3.05) is 5.32 Å². The molecule has 0 saturated carbocycles. The maximum Gasteiger partial charge on any atom is 0.225 e. The number of aromatic nitrogens is 4. The predicted octanol–water partition coefficient (Wildman–Crippen LogP) is 4.95. The number of hydrogen-bond acceptors (Lipinski definition) is 4. The molecule has 0 radical (unpaired) electrons. The maximum atomic E-state index is 13.5. The zero-order valence-electron chi connectivity index (χ0n) is 15.8. The van der Waals surface area contributed by atoms with Gasteiger partial charge in [0.05, 0.1) is 5.69 Å². The molecule has 29 heavy (non-hydrogen) atoms. The number of carbonyl (C=O) groups excluding carboxylic acids is 1. The summed E-state index contributed by atoms with van der Waals surface area (Å²) in [6, 6.07) is 10.1. The molecule has 0 unspecified atom stereocenters. The van der Waals surface area contributed by atoms with E-state index in [9.17, 15) is 9.18 Å². The van der Waals surface area contributed by atoms with E-state index in [1.807, 2.05) is 23.7 Å². The molecule has 0 bridgehead atoms. The Labute approximate surface area is 175 Å².